The van der Waals surface area contributed by atoms with Gasteiger partial charge >= 0.3 is 5.97 Å². The number of aromatic nitrogens is 3. The van der Waals surface area contributed by atoms with Gasteiger partial charge in [-0.25, -0.2) is 9.97 Å². The van der Waals surface area contributed by atoms with Gasteiger partial charge in [0, 0.05) is 36.5 Å². The van der Waals surface area contributed by atoms with Crippen LogP contribution in [-0.2, 0) is 11.3 Å². The molecule has 8 nitrogen and oxygen atoms in total. The zero-order chi connectivity index (χ0) is 21.7. The van der Waals surface area contributed by atoms with Crippen LogP contribution in [0.2, 0.25) is 0 Å². The highest BCUT2D eigenvalue weighted by Gasteiger charge is 2.62. The van der Waals surface area contributed by atoms with Crippen LogP contribution in [-0.4, -0.2) is 39.7 Å². The van der Waals surface area contributed by atoms with E-state index in [1.807, 2.05) is 28.8 Å². The Morgan fingerprint density at radius 3 is 2.87 bits per heavy atom. The third kappa shape index (κ3) is 3.31. The molecule has 5 rings (SSSR count). The minimum Gasteiger partial charge on any atom is -0.497 e. The number of aliphatic carboxylic acids is 1. The molecule has 0 radical (unpaired) electrons. The van der Waals surface area contributed by atoms with Gasteiger partial charge in [-0.3, -0.25) is 9.20 Å². The van der Waals surface area contributed by atoms with Gasteiger partial charge in [-0.05, 0) is 52.7 Å². The molecule has 2 fully saturated rings. The predicted octanol–water partition coefficient (Wildman–Crippen LogP) is 3.95. The van der Waals surface area contributed by atoms with Gasteiger partial charge in [-0.1, -0.05) is 0 Å². The number of hydrogen-bond donors (Lipinski definition) is 2. The van der Waals surface area contributed by atoms with Gasteiger partial charge in [0.1, 0.15) is 27.4 Å². The van der Waals surface area contributed by atoms with Gasteiger partial charge in [0.25, 0.3) is 0 Å². The van der Waals surface area contributed by atoms with E-state index in [0.29, 0.717) is 17.0 Å². The number of anilines is 1. The van der Waals surface area contributed by atoms with Crippen LogP contribution in [0.3, 0.4) is 0 Å². The standard InChI is InChI=1S/C22H23BrN4O4/c1-30-12-4-3-11(15(9-12)31-2)10-25-20-18-19(23)26-21(27(18)8-7-24-20)14-6-5-13-16(14)17(13)22(28)29/h3-4,7-9,13-14,16-17H,5-6,10H2,1-2H3,(H,24,25)(H,28,29). The molecular weight excluding hydrogens is 464 g/mol. The largest absolute Gasteiger partial charge is 0.497 e. The van der Waals surface area contributed by atoms with E-state index in [-0.39, 0.29) is 23.7 Å². The topological polar surface area (TPSA) is 98.0 Å². The SMILES string of the molecule is COc1ccc(CNc2nccn3c(C4CCC5C(C(=O)O)C45)nc(Br)c23)c(OC)c1. The number of rotatable bonds is 7. The Morgan fingerprint density at radius 1 is 1.32 bits per heavy atom. The molecule has 162 valence electrons. The smallest absolute Gasteiger partial charge is 0.307 e. The average molecular weight is 487 g/mol. The number of fused-ring (bicyclic) bond motifs is 2. The summed E-state index contributed by atoms with van der Waals surface area (Å²) >= 11 is 3.60. The number of hydrogen-bond acceptors (Lipinski definition) is 6. The molecular formula is C22H23BrN4O4. The van der Waals surface area contributed by atoms with E-state index < -0.39 is 5.97 Å². The van der Waals surface area contributed by atoms with Crippen LogP contribution in [0.25, 0.3) is 5.52 Å². The van der Waals surface area contributed by atoms with Gasteiger partial charge in [0.15, 0.2) is 5.82 Å². The van der Waals surface area contributed by atoms with Crippen LogP contribution in [0.5, 0.6) is 11.5 Å². The summed E-state index contributed by atoms with van der Waals surface area (Å²) in [5, 5.41) is 12.9. The van der Waals surface area contributed by atoms with Crippen molar-refractivity contribution < 1.29 is 19.4 Å². The Hall–Kier alpha value is -2.81. The minimum absolute atomic E-state index is 0.154. The molecule has 0 aliphatic heterocycles. The summed E-state index contributed by atoms with van der Waals surface area (Å²) in [5.41, 5.74) is 1.82. The molecule has 2 saturated carbocycles. The van der Waals surface area contributed by atoms with Crippen molar-refractivity contribution >= 4 is 33.2 Å². The van der Waals surface area contributed by atoms with E-state index in [9.17, 15) is 9.90 Å². The Morgan fingerprint density at radius 2 is 2.16 bits per heavy atom. The second-order valence-corrected chi connectivity index (χ2v) is 8.83. The summed E-state index contributed by atoms with van der Waals surface area (Å²) in [7, 11) is 3.26. The lowest BCUT2D eigenvalue weighted by Gasteiger charge is -2.14. The highest BCUT2D eigenvalue weighted by molar-refractivity contribution is 9.10. The van der Waals surface area contributed by atoms with E-state index in [2.05, 4.69) is 26.2 Å². The molecule has 2 heterocycles. The molecule has 0 bridgehead atoms. The van der Waals surface area contributed by atoms with Crippen molar-refractivity contribution in [3.8, 4) is 11.5 Å². The molecule has 31 heavy (non-hydrogen) atoms. The van der Waals surface area contributed by atoms with Crippen LogP contribution >= 0.6 is 15.9 Å². The van der Waals surface area contributed by atoms with Crippen LogP contribution < -0.4 is 14.8 Å². The average Bonchev–Trinajstić information content (AvgIpc) is 3.19. The molecule has 0 spiro atoms. The van der Waals surface area contributed by atoms with E-state index in [0.717, 1.165) is 41.2 Å². The second-order valence-electron chi connectivity index (χ2n) is 8.08. The zero-order valence-corrected chi connectivity index (χ0v) is 18.8. The molecule has 4 atom stereocenters. The van der Waals surface area contributed by atoms with Crippen molar-refractivity contribution in [1.29, 1.82) is 0 Å². The molecule has 2 aliphatic rings. The maximum absolute atomic E-state index is 11.5. The molecule has 2 N–H and O–H groups in total. The molecule has 3 aromatic rings. The van der Waals surface area contributed by atoms with Crippen molar-refractivity contribution in [3.05, 3.63) is 46.6 Å². The number of imidazole rings is 1. The molecule has 2 aliphatic carbocycles. The zero-order valence-electron chi connectivity index (χ0n) is 17.2. The Labute approximate surface area is 187 Å². The van der Waals surface area contributed by atoms with Gasteiger partial charge in [0.2, 0.25) is 0 Å². The monoisotopic (exact) mass is 486 g/mol. The Kier molecular flexibility index (Phi) is 5.00. The number of carbonyl (C=O) groups is 1. The van der Waals surface area contributed by atoms with E-state index >= 15 is 0 Å². The van der Waals surface area contributed by atoms with Crippen LogP contribution in [0.1, 0.15) is 30.1 Å². The molecule has 0 saturated heterocycles. The number of carboxylic acids is 1. The molecule has 1 aromatic carbocycles. The van der Waals surface area contributed by atoms with Crippen LogP contribution in [0.15, 0.2) is 35.2 Å². The maximum atomic E-state index is 11.5. The maximum Gasteiger partial charge on any atom is 0.307 e. The Balaban J connectivity index is 1.43. The fraction of sp³-hybridized carbons (Fsp3) is 0.409. The minimum atomic E-state index is -0.683. The number of halogens is 1. The lowest BCUT2D eigenvalue weighted by Crippen LogP contribution is -2.11. The van der Waals surface area contributed by atoms with Gasteiger partial charge in [-0.2, -0.15) is 0 Å². The van der Waals surface area contributed by atoms with Gasteiger partial charge in [0.05, 0.1) is 20.1 Å². The number of benzene rings is 1. The quantitative estimate of drug-likeness (QED) is 0.521. The molecule has 0 amide bonds. The first-order chi connectivity index (χ1) is 15.0. The van der Waals surface area contributed by atoms with Crippen LogP contribution in [0, 0.1) is 17.8 Å². The molecule has 9 heteroatoms. The van der Waals surface area contributed by atoms with Crippen molar-refractivity contribution in [2.24, 2.45) is 17.8 Å². The highest BCUT2D eigenvalue weighted by Crippen LogP contribution is 2.63. The van der Waals surface area contributed by atoms with E-state index in [4.69, 9.17) is 14.5 Å². The fourth-order valence-electron chi connectivity index (χ4n) is 5.12. The number of nitrogens with one attached hydrogen (secondary N) is 1. The van der Waals surface area contributed by atoms with E-state index in [1.165, 1.54) is 0 Å². The lowest BCUT2D eigenvalue weighted by molar-refractivity contribution is -0.139. The fourth-order valence-corrected chi connectivity index (χ4v) is 5.68. The Bertz CT molecular complexity index is 1160. The second kappa shape index (κ2) is 7.71. The van der Waals surface area contributed by atoms with Crippen molar-refractivity contribution in [1.82, 2.24) is 14.4 Å². The highest BCUT2D eigenvalue weighted by atomic mass is 79.9. The van der Waals surface area contributed by atoms with Gasteiger partial charge < -0.3 is 19.9 Å². The van der Waals surface area contributed by atoms with Crippen molar-refractivity contribution in [2.75, 3.05) is 19.5 Å². The third-order valence-electron chi connectivity index (χ3n) is 6.60. The predicted molar refractivity (Wildman–Crippen MR) is 118 cm³/mol. The summed E-state index contributed by atoms with van der Waals surface area (Å²) in [5.74, 6) is 2.79. The van der Waals surface area contributed by atoms with Crippen LogP contribution in [0.4, 0.5) is 5.82 Å². The van der Waals surface area contributed by atoms with E-state index in [1.54, 1.807) is 20.4 Å². The third-order valence-corrected chi connectivity index (χ3v) is 7.15. The number of methoxy groups -OCH3 is 2. The molecule has 2 aromatic heterocycles. The van der Waals surface area contributed by atoms with Crippen molar-refractivity contribution in [2.45, 2.75) is 25.3 Å². The number of nitrogens with zero attached hydrogens (tertiary/aromatic N) is 3. The lowest BCUT2D eigenvalue weighted by atomic mass is 9.99. The number of carboxylic acid groups (broad SMARTS) is 1. The number of ether oxygens (including phenoxy) is 2. The van der Waals surface area contributed by atoms with Crippen molar-refractivity contribution in [3.63, 3.8) is 0 Å². The van der Waals surface area contributed by atoms with Gasteiger partial charge in [-0.15, -0.1) is 0 Å². The first kappa shape index (κ1) is 20.1. The summed E-state index contributed by atoms with van der Waals surface area (Å²) in [6.45, 7) is 0.516. The first-order valence-electron chi connectivity index (χ1n) is 10.2. The normalized spacial score (nSPS) is 24.1. The summed E-state index contributed by atoms with van der Waals surface area (Å²) in [6.07, 6.45) is 5.56. The first-order valence-corrected chi connectivity index (χ1v) is 11.0. The summed E-state index contributed by atoms with van der Waals surface area (Å²) in [6, 6.07) is 5.70. The summed E-state index contributed by atoms with van der Waals surface area (Å²) in [4.78, 5) is 20.8. The molecule has 4 unspecified atom stereocenters. The summed E-state index contributed by atoms with van der Waals surface area (Å²) < 4.78 is 13.5.